The number of hydrogen-bond acceptors (Lipinski definition) is 5. The minimum absolute atomic E-state index is 0.587. The van der Waals surface area contributed by atoms with Gasteiger partial charge in [0.15, 0.2) is 17.5 Å². The number of benzene rings is 1. The van der Waals surface area contributed by atoms with Crippen LogP contribution < -0.4 is 25.0 Å². The molecule has 1 saturated heterocycles. The fourth-order valence-electron chi connectivity index (χ4n) is 3.53. The molecule has 0 amide bonds. The Hall–Kier alpha value is -2.96. The van der Waals surface area contributed by atoms with Gasteiger partial charge in [0.05, 0.1) is 19.8 Å². The van der Waals surface area contributed by atoms with Crippen LogP contribution in [0.5, 0.6) is 11.5 Å². The van der Waals surface area contributed by atoms with Crippen molar-refractivity contribution in [2.24, 2.45) is 4.99 Å². The van der Waals surface area contributed by atoms with Crippen LogP contribution in [0, 0.1) is 0 Å². The van der Waals surface area contributed by atoms with Gasteiger partial charge in [-0.3, -0.25) is 0 Å². The van der Waals surface area contributed by atoms with Gasteiger partial charge in [-0.2, -0.15) is 0 Å². The second kappa shape index (κ2) is 9.49. The van der Waals surface area contributed by atoms with Crippen LogP contribution >= 0.6 is 0 Å². The predicted molar refractivity (Wildman–Crippen MR) is 116 cm³/mol. The highest BCUT2D eigenvalue weighted by molar-refractivity contribution is 5.93. The molecule has 2 aromatic rings. The number of fused-ring (bicyclic) bond motifs is 1. The fourth-order valence-corrected chi connectivity index (χ4v) is 3.53. The number of aromatic nitrogens is 1. The zero-order valence-corrected chi connectivity index (χ0v) is 17.0. The number of ether oxygens (including phenoxy) is 2. The standard InChI is InChI=1S/C22H29N5O2/c1-2-23-22(26-18-6-7-19-20(15-18)29-13-5-12-28-19)25-16-17-8-9-24-21(14-17)27-10-3-4-11-27/h6-9,14-15H,2-5,10-13,16H2,1H3,(H2,23,25,26). The van der Waals surface area contributed by atoms with Crippen LogP contribution in [0.2, 0.25) is 0 Å². The molecule has 0 aliphatic carbocycles. The van der Waals surface area contributed by atoms with E-state index in [0.717, 1.165) is 60.6 Å². The van der Waals surface area contributed by atoms with Crippen molar-refractivity contribution >= 4 is 17.5 Å². The number of nitrogens with one attached hydrogen (secondary N) is 2. The van der Waals surface area contributed by atoms with Crippen molar-refractivity contribution < 1.29 is 9.47 Å². The molecule has 0 atom stereocenters. The van der Waals surface area contributed by atoms with E-state index < -0.39 is 0 Å². The van der Waals surface area contributed by atoms with Crippen LogP contribution in [0.15, 0.2) is 41.5 Å². The van der Waals surface area contributed by atoms with Crippen LogP contribution in [0.4, 0.5) is 11.5 Å². The Morgan fingerprint density at radius 3 is 2.72 bits per heavy atom. The van der Waals surface area contributed by atoms with Crippen LogP contribution in [0.25, 0.3) is 0 Å². The third-order valence-electron chi connectivity index (χ3n) is 5.01. The lowest BCUT2D eigenvalue weighted by molar-refractivity contribution is 0.297. The molecule has 2 aliphatic heterocycles. The number of aliphatic imine (C=N–C) groups is 1. The maximum atomic E-state index is 5.78. The van der Waals surface area contributed by atoms with Gasteiger partial charge in [-0.25, -0.2) is 9.98 Å². The van der Waals surface area contributed by atoms with E-state index in [2.05, 4.69) is 33.5 Å². The molecule has 7 heteroatoms. The second-order valence-electron chi connectivity index (χ2n) is 7.25. The lowest BCUT2D eigenvalue weighted by Gasteiger charge is -2.17. The Morgan fingerprint density at radius 1 is 1.07 bits per heavy atom. The SMILES string of the molecule is CCNC(=NCc1ccnc(N2CCCC2)c1)Nc1ccc2c(c1)OCCCO2. The summed E-state index contributed by atoms with van der Waals surface area (Å²) in [6, 6.07) is 10.1. The van der Waals surface area contributed by atoms with Crippen LogP contribution in [-0.2, 0) is 6.54 Å². The largest absolute Gasteiger partial charge is 0.490 e. The normalized spacial score (nSPS) is 16.4. The van der Waals surface area contributed by atoms with Gasteiger partial charge in [-0.05, 0) is 49.6 Å². The summed E-state index contributed by atoms with van der Waals surface area (Å²) < 4.78 is 11.5. The van der Waals surface area contributed by atoms with E-state index >= 15 is 0 Å². The van der Waals surface area contributed by atoms with E-state index in [-0.39, 0.29) is 0 Å². The van der Waals surface area contributed by atoms with E-state index in [1.807, 2.05) is 30.5 Å². The Morgan fingerprint density at radius 2 is 1.90 bits per heavy atom. The second-order valence-corrected chi connectivity index (χ2v) is 7.25. The molecule has 0 spiro atoms. The number of anilines is 2. The topological polar surface area (TPSA) is 71.0 Å². The van der Waals surface area contributed by atoms with E-state index in [4.69, 9.17) is 14.5 Å². The summed E-state index contributed by atoms with van der Waals surface area (Å²) in [5.74, 6) is 3.35. The Kier molecular flexibility index (Phi) is 6.34. The first kappa shape index (κ1) is 19.4. The monoisotopic (exact) mass is 395 g/mol. The first-order valence-electron chi connectivity index (χ1n) is 10.5. The predicted octanol–water partition coefficient (Wildman–Crippen LogP) is 3.42. The fraction of sp³-hybridized carbons (Fsp3) is 0.455. The van der Waals surface area contributed by atoms with Crippen molar-refractivity contribution in [1.29, 1.82) is 0 Å². The maximum Gasteiger partial charge on any atom is 0.196 e. The average molecular weight is 396 g/mol. The third kappa shape index (κ3) is 5.10. The number of nitrogens with zero attached hydrogens (tertiary/aromatic N) is 3. The zero-order chi connectivity index (χ0) is 19.9. The number of rotatable bonds is 5. The molecule has 2 aliphatic rings. The van der Waals surface area contributed by atoms with Gasteiger partial charge in [0.25, 0.3) is 0 Å². The summed E-state index contributed by atoms with van der Waals surface area (Å²) in [4.78, 5) is 11.6. The van der Waals surface area contributed by atoms with Crippen LogP contribution in [0.1, 0.15) is 31.7 Å². The molecule has 0 radical (unpaired) electrons. The van der Waals surface area contributed by atoms with Crippen LogP contribution in [0.3, 0.4) is 0 Å². The van der Waals surface area contributed by atoms with Gasteiger partial charge in [0.2, 0.25) is 0 Å². The summed E-state index contributed by atoms with van der Waals surface area (Å²) in [5, 5.41) is 6.67. The summed E-state index contributed by atoms with van der Waals surface area (Å²) in [6.45, 7) is 6.97. The summed E-state index contributed by atoms with van der Waals surface area (Å²) in [5.41, 5.74) is 2.07. The van der Waals surface area contributed by atoms with Gasteiger partial charge in [-0.15, -0.1) is 0 Å². The molecule has 7 nitrogen and oxygen atoms in total. The van der Waals surface area contributed by atoms with Gasteiger partial charge < -0.3 is 25.0 Å². The molecular weight excluding hydrogens is 366 g/mol. The molecule has 2 N–H and O–H groups in total. The zero-order valence-electron chi connectivity index (χ0n) is 17.0. The van der Waals surface area contributed by atoms with E-state index in [1.54, 1.807) is 0 Å². The summed E-state index contributed by atoms with van der Waals surface area (Å²) in [7, 11) is 0. The molecule has 3 heterocycles. The van der Waals surface area contributed by atoms with Crippen molar-refractivity contribution in [2.75, 3.05) is 43.1 Å². The molecule has 29 heavy (non-hydrogen) atoms. The minimum atomic E-state index is 0.587. The smallest absolute Gasteiger partial charge is 0.196 e. The van der Waals surface area contributed by atoms with E-state index in [1.165, 1.54) is 12.8 Å². The Labute approximate surface area is 172 Å². The molecule has 0 saturated carbocycles. The van der Waals surface area contributed by atoms with Crippen molar-refractivity contribution in [3.63, 3.8) is 0 Å². The highest BCUT2D eigenvalue weighted by Gasteiger charge is 2.14. The van der Waals surface area contributed by atoms with Crippen molar-refractivity contribution in [1.82, 2.24) is 10.3 Å². The molecular formula is C22H29N5O2. The molecule has 0 unspecified atom stereocenters. The van der Waals surface area contributed by atoms with Crippen molar-refractivity contribution in [2.45, 2.75) is 32.7 Å². The molecule has 154 valence electrons. The number of hydrogen-bond donors (Lipinski definition) is 2. The van der Waals surface area contributed by atoms with Crippen LogP contribution in [-0.4, -0.2) is 43.8 Å². The molecule has 0 bridgehead atoms. The van der Waals surface area contributed by atoms with Crippen molar-refractivity contribution in [3.05, 3.63) is 42.1 Å². The van der Waals surface area contributed by atoms with Gasteiger partial charge >= 0.3 is 0 Å². The molecule has 1 aromatic heterocycles. The Bertz CT molecular complexity index is 849. The maximum absolute atomic E-state index is 5.78. The van der Waals surface area contributed by atoms with E-state index in [9.17, 15) is 0 Å². The minimum Gasteiger partial charge on any atom is -0.490 e. The highest BCUT2D eigenvalue weighted by Crippen LogP contribution is 2.32. The quantitative estimate of drug-likeness (QED) is 0.597. The van der Waals surface area contributed by atoms with E-state index in [0.29, 0.717) is 19.8 Å². The molecule has 4 rings (SSSR count). The number of pyridine rings is 1. The summed E-state index contributed by atoms with van der Waals surface area (Å²) >= 11 is 0. The lowest BCUT2D eigenvalue weighted by Crippen LogP contribution is -2.30. The first-order chi connectivity index (χ1) is 14.3. The number of guanidine groups is 1. The lowest BCUT2D eigenvalue weighted by atomic mass is 10.2. The van der Waals surface area contributed by atoms with Gasteiger partial charge in [-0.1, -0.05) is 0 Å². The highest BCUT2D eigenvalue weighted by atomic mass is 16.5. The molecule has 1 aromatic carbocycles. The van der Waals surface area contributed by atoms with Gasteiger partial charge in [0.1, 0.15) is 5.82 Å². The first-order valence-corrected chi connectivity index (χ1v) is 10.5. The van der Waals surface area contributed by atoms with Gasteiger partial charge in [0, 0.05) is 44.0 Å². The molecule has 1 fully saturated rings. The average Bonchev–Trinajstić information content (AvgIpc) is 3.19. The Balaban J connectivity index is 1.45. The van der Waals surface area contributed by atoms with Crippen molar-refractivity contribution in [3.8, 4) is 11.5 Å². The third-order valence-corrected chi connectivity index (χ3v) is 5.01. The summed E-state index contributed by atoms with van der Waals surface area (Å²) in [6.07, 6.45) is 5.26.